The molecule has 0 heterocycles. The van der Waals surface area contributed by atoms with Crippen LogP contribution in [0.2, 0.25) is 0 Å². The van der Waals surface area contributed by atoms with E-state index in [0.29, 0.717) is 0 Å². The van der Waals surface area contributed by atoms with Gasteiger partial charge >= 0.3 is 0 Å². The fourth-order valence-corrected chi connectivity index (χ4v) is 0.529. The summed E-state index contributed by atoms with van der Waals surface area (Å²) in [6.07, 6.45) is 6.11. The van der Waals surface area contributed by atoms with E-state index in [1.165, 1.54) is 12.2 Å². The average Bonchev–Trinajstić information content (AvgIpc) is 1.84. The Hall–Kier alpha value is -1.13. The highest BCUT2D eigenvalue weighted by Gasteiger charge is 2.15. The van der Waals surface area contributed by atoms with E-state index >= 15 is 0 Å². The van der Waals surface area contributed by atoms with E-state index in [0.717, 1.165) is 6.92 Å². The fraction of sp³-hybridized carbons (Fsp3) is 0.375. The van der Waals surface area contributed by atoms with Crippen LogP contribution in [-0.2, 0) is 4.79 Å². The first kappa shape index (κ1) is 10.9. The maximum absolute atomic E-state index is 10.8. The molecule has 0 saturated heterocycles. The maximum atomic E-state index is 10.8. The molecule has 1 amide bonds. The van der Waals surface area contributed by atoms with Gasteiger partial charge in [-0.05, 0) is 6.92 Å². The molecule has 4 nitrogen and oxygen atoms in total. The predicted octanol–water partition coefficient (Wildman–Crippen LogP) is -0.107. The number of carbonyl (C=O) groups is 1. The van der Waals surface area contributed by atoms with Crippen LogP contribution in [0.15, 0.2) is 24.3 Å². The molecule has 0 spiro atoms. The van der Waals surface area contributed by atoms with Crippen LogP contribution in [0.5, 0.6) is 0 Å². The second-order valence-electron chi connectivity index (χ2n) is 2.39. The molecule has 0 saturated carbocycles. The van der Waals surface area contributed by atoms with Crippen molar-refractivity contribution in [3.63, 3.8) is 0 Å². The lowest BCUT2D eigenvalue weighted by Crippen LogP contribution is -2.44. The molecule has 0 fully saturated rings. The van der Waals surface area contributed by atoms with Crippen molar-refractivity contribution < 1.29 is 15.0 Å². The average molecular weight is 171 g/mol. The highest BCUT2D eigenvalue weighted by Crippen LogP contribution is 1.89. The van der Waals surface area contributed by atoms with Crippen molar-refractivity contribution in [2.75, 3.05) is 0 Å². The summed E-state index contributed by atoms with van der Waals surface area (Å²) in [5, 5.41) is 19.4. The van der Waals surface area contributed by atoms with Crippen molar-refractivity contribution in [3.05, 3.63) is 24.3 Å². The van der Waals surface area contributed by atoms with E-state index in [-0.39, 0.29) is 0 Å². The number of carbonyl (C=O) groups excluding carboxylic acids is 1. The van der Waals surface area contributed by atoms with Crippen LogP contribution in [-0.4, -0.2) is 22.0 Å². The summed E-state index contributed by atoms with van der Waals surface area (Å²) in [4.78, 5) is 10.8. The number of allylic oxidation sites excluding steroid dienone is 3. The number of hydrogen-bond donors (Lipinski definition) is 3. The van der Waals surface area contributed by atoms with Gasteiger partial charge in [0.2, 0.25) is 11.8 Å². The van der Waals surface area contributed by atoms with Gasteiger partial charge in [-0.2, -0.15) is 0 Å². The van der Waals surface area contributed by atoms with Crippen LogP contribution in [0.3, 0.4) is 0 Å². The van der Waals surface area contributed by atoms with Gasteiger partial charge in [0.15, 0.2) is 0 Å². The first-order chi connectivity index (χ1) is 5.45. The van der Waals surface area contributed by atoms with Gasteiger partial charge in [0.05, 0.1) is 0 Å². The summed E-state index contributed by atoms with van der Waals surface area (Å²) in [5.74, 6) is -2.71. The summed E-state index contributed by atoms with van der Waals surface area (Å²) < 4.78 is 0. The van der Waals surface area contributed by atoms with Crippen molar-refractivity contribution in [1.82, 2.24) is 5.32 Å². The maximum Gasteiger partial charge on any atom is 0.248 e. The van der Waals surface area contributed by atoms with Gasteiger partial charge in [0.25, 0.3) is 0 Å². The molecule has 0 bridgehead atoms. The van der Waals surface area contributed by atoms with Gasteiger partial charge in [0, 0.05) is 13.0 Å². The lowest BCUT2D eigenvalue weighted by molar-refractivity contribution is -0.175. The number of rotatable bonds is 3. The van der Waals surface area contributed by atoms with Crippen molar-refractivity contribution >= 4 is 5.91 Å². The Kier molecular flexibility index (Phi) is 4.25. The third-order valence-corrected chi connectivity index (χ3v) is 0.911. The van der Waals surface area contributed by atoms with Crippen LogP contribution >= 0.6 is 0 Å². The SMILES string of the molecule is C/C=C/C=C/C(=O)NC(C)(O)O. The smallest absolute Gasteiger partial charge is 0.248 e. The largest absolute Gasteiger partial charge is 0.349 e. The first-order valence-electron chi connectivity index (χ1n) is 3.52. The molecule has 0 aliphatic rings. The summed E-state index contributed by atoms with van der Waals surface area (Å²) in [6, 6.07) is 0. The minimum absolute atomic E-state index is 0.555. The molecule has 0 aliphatic carbocycles. The zero-order valence-corrected chi connectivity index (χ0v) is 7.11. The van der Waals surface area contributed by atoms with Crippen LogP contribution in [0.4, 0.5) is 0 Å². The van der Waals surface area contributed by atoms with Gasteiger partial charge in [0.1, 0.15) is 0 Å². The fourth-order valence-electron chi connectivity index (χ4n) is 0.529. The molecule has 0 radical (unpaired) electrons. The second-order valence-corrected chi connectivity index (χ2v) is 2.39. The van der Waals surface area contributed by atoms with Crippen LogP contribution in [0, 0.1) is 0 Å². The van der Waals surface area contributed by atoms with Gasteiger partial charge in [-0.3, -0.25) is 4.79 Å². The molecule has 0 rings (SSSR count). The normalized spacial score (nSPS) is 12.7. The molecular formula is C8H13NO3. The third kappa shape index (κ3) is 6.98. The van der Waals surface area contributed by atoms with E-state index in [2.05, 4.69) is 0 Å². The summed E-state index contributed by atoms with van der Waals surface area (Å²) in [7, 11) is 0. The topological polar surface area (TPSA) is 69.6 Å². The standard InChI is InChI=1S/C8H13NO3/c1-3-4-5-6-7(10)9-8(2,11)12/h3-6,11-12H,1-2H3,(H,9,10)/b4-3+,6-5+. The van der Waals surface area contributed by atoms with Gasteiger partial charge in [-0.25, -0.2) is 0 Å². The summed E-state index contributed by atoms with van der Waals surface area (Å²) in [5.41, 5.74) is 0. The Balaban J connectivity index is 3.91. The number of aliphatic hydroxyl groups is 2. The lowest BCUT2D eigenvalue weighted by Gasteiger charge is -2.15. The monoisotopic (exact) mass is 171 g/mol. The van der Waals surface area contributed by atoms with Gasteiger partial charge in [-0.15, -0.1) is 0 Å². The molecule has 68 valence electrons. The van der Waals surface area contributed by atoms with Crippen LogP contribution in [0.25, 0.3) is 0 Å². The van der Waals surface area contributed by atoms with Crippen molar-refractivity contribution in [2.24, 2.45) is 0 Å². The zero-order chi connectivity index (χ0) is 9.61. The quantitative estimate of drug-likeness (QED) is 0.315. The van der Waals surface area contributed by atoms with Gasteiger partial charge < -0.3 is 15.5 Å². The Morgan fingerprint density at radius 1 is 1.42 bits per heavy atom. The Labute approximate surface area is 71.2 Å². The van der Waals surface area contributed by atoms with Crippen LogP contribution < -0.4 is 5.32 Å². The molecule has 0 aliphatic heterocycles. The molecular weight excluding hydrogens is 158 g/mol. The lowest BCUT2D eigenvalue weighted by atomic mass is 10.4. The van der Waals surface area contributed by atoms with Gasteiger partial charge in [-0.1, -0.05) is 18.2 Å². The van der Waals surface area contributed by atoms with Crippen molar-refractivity contribution in [2.45, 2.75) is 19.8 Å². The minimum Gasteiger partial charge on any atom is -0.349 e. The highest BCUT2D eigenvalue weighted by molar-refractivity contribution is 5.87. The molecule has 0 aromatic heterocycles. The Bertz CT molecular complexity index is 201. The van der Waals surface area contributed by atoms with Crippen LogP contribution in [0.1, 0.15) is 13.8 Å². The van der Waals surface area contributed by atoms with E-state index in [1.807, 2.05) is 12.2 Å². The summed E-state index contributed by atoms with van der Waals surface area (Å²) in [6.45, 7) is 2.87. The highest BCUT2D eigenvalue weighted by atomic mass is 16.5. The van der Waals surface area contributed by atoms with Crippen molar-refractivity contribution in [3.8, 4) is 0 Å². The number of amides is 1. The zero-order valence-electron chi connectivity index (χ0n) is 7.11. The Morgan fingerprint density at radius 2 is 2.00 bits per heavy atom. The minimum atomic E-state index is -2.16. The summed E-state index contributed by atoms with van der Waals surface area (Å²) >= 11 is 0. The van der Waals surface area contributed by atoms with E-state index < -0.39 is 11.8 Å². The molecule has 12 heavy (non-hydrogen) atoms. The van der Waals surface area contributed by atoms with E-state index in [4.69, 9.17) is 10.2 Å². The molecule has 0 atom stereocenters. The predicted molar refractivity (Wildman–Crippen MR) is 44.9 cm³/mol. The van der Waals surface area contributed by atoms with Crippen molar-refractivity contribution in [1.29, 1.82) is 0 Å². The molecule has 0 aromatic rings. The third-order valence-electron chi connectivity index (χ3n) is 0.911. The molecule has 4 heteroatoms. The van der Waals surface area contributed by atoms with E-state index in [9.17, 15) is 4.79 Å². The molecule has 0 aromatic carbocycles. The Morgan fingerprint density at radius 3 is 2.42 bits per heavy atom. The second kappa shape index (κ2) is 4.69. The van der Waals surface area contributed by atoms with E-state index in [1.54, 1.807) is 12.2 Å². The first-order valence-corrected chi connectivity index (χ1v) is 3.52. The molecule has 0 unspecified atom stereocenters. The number of hydrogen-bond acceptors (Lipinski definition) is 3. The molecule has 3 N–H and O–H groups in total. The number of nitrogens with one attached hydrogen (secondary N) is 1.